The fraction of sp³-hybridized carbons (Fsp3) is 0.267. The van der Waals surface area contributed by atoms with Crippen molar-refractivity contribution in [2.24, 2.45) is 10.7 Å². The smallest absolute Gasteiger partial charge is 0.189 e. The highest BCUT2D eigenvalue weighted by Gasteiger charge is 2.21. The van der Waals surface area contributed by atoms with E-state index in [0.29, 0.717) is 19.1 Å². The summed E-state index contributed by atoms with van der Waals surface area (Å²) < 4.78 is 6.73. The van der Waals surface area contributed by atoms with Crippen LogP contribution in [0.25, 0.3) is 0 Å². The van der Waals surface area contributed by atoms with Crippen molar-refractivity contribution in [3.8, 4) is 5.75 Å². The Labute approximate surface area is 159 Å². The number of fused-ring (bicyclic) bond motifs is 1. The molecule has 1 aromatic heterocycles. The molecule has 118 valence electrons. The third kappa shape index (κ3) is 4.36. The van der Waals surface area contributed by atoms with Gasteiger partial charge in [-0.05, 0) is 28.1 Å². The predicted octanol–water partition coefficient (Wildman–Crippen LogP) is 4.06. The summed E-state index contributed by atoms with van der Waals surface area (Å²) >= 11 is 5.11. The lowest BCUT2D eigenvalue weighted by atomic mass is 10.0. The molecule has 4 nitrogen and oxygen atoms in total. The van der Waals surface area contributed by atoms with E-state index in [4.69, 9.17) is 10.5 Å². The van der Waals surface area contributed by atoms with E-state index in [-0.39, 0.29) is 30.0 Å². The fourth-order valence-electron chi connectivity index (χ4n) is 2.32. The van der Waals surface area contributed by atoms with Crippen LogP contribution in [0.5, 0.6) is 5.75 Å². The first-order valence-electron chi connectivity index (χ1n) is 6.73. The van der Waals surface area contributed by atoms with Crippen molar-refractivity contribution in [2.45, 2.75) is 19.0 Å². The molecule has 1 aromatic carbocycles. The van der Waals surface area contributed by atoms with Crippen LogP contribution in [0.15, 0.2) is 45.2 Å². The normalized spacial score (nSPS) is 17.1. The minimum Gasteiger partial charge on any atom is -0.493 e. The Morgan fingerprint density at radius 2 is 2.27 bits per heavy atom. The van der Waals surface area contributed by atoms with Crippen molar-refractivity contribution < 1.29 is 4.74 Å². The molecule has 0 saturated carbocycles. The molecule has 7 heteroatoms. The number of guanidine groups is 1. The minimum atomic E-state index is 0. The summed E-state index contributed by atoms with van der Waals surface area (Å²) in [5, 5.41) is 5.34. The van der Waals surface area contributed by atoms with Gasteiger partial charge in [0, 0.05) is 26.7 Å². The van der Waals surface area contributed by atoms with Crippen LogP contribution in [0.3, 0.4) is 0 Å². The Bertz CT molecular complexity index is 662. The quantitative estimate of drug-likeness (QED) is 0.385. The third-order valence-electron chi connectivity index (χ3n) is 3.31. The van der Waals surface area contributed by atoms with Crippen molar-refractivity contribution >= 4 is 57.2 Å². The van der Waals surface area contributed by atoms with E-state index in [0.717, 1.165) is 22.2 Å². The molecule has 1 unspecified atom stereocenters. The third-order valence-corrected chi connectivity index (χ3v) is 4.99. The molecule has 0 saturated heterocycles. The zero-order valence-electron chi connectivity index (χ0n) is 11.8. The lowest BCUT2D eigenvalue weighted by Crippen LogP contribution is -2.37. The average Bonchev–Trinajstić information content (AvgIpc) is 2.91. The lowest BCUT2D eigenvalue weighted by Gasteiger charge is -2.26. The molecule has 1 atom stereocenters. The zero-order chi connectivity index (χ0) is 14.7. The standard InChI is InChI=1S/C15H16BrN3OS.HI/c16-10-7-11(21-9-10)8-18-15(17)19-13-5-6-20-14-4-2-1-3-12(13)14;/h1-4,7,9,13H,5-6,8H2,(H3,17,18,19);1H. The molecule has 0 radical (unpaired) electrons. The number of aliphatic imine (C=N–C) groups is 1. The molecule has 2 aromatic rings. The summed E-state index contributed by atoms with van der Waals surface area (Å²) in [6.07, 6.45) is 0.887. The van der Waals surface area contributed by atoms with Crippen molar-refractivity contribution in [3.63, 3.8) is 0 Å². The van der Waals surface area contributed by atoms with Gasteiger partial charge < -0.3 is 15.8 Å². The van der Waals surface area contributed by atoms with Crippen LogP contribution in [0.2, 0.25) is 0 Å². The number of nitrogens with zero attached hydrogens (tertiary/aromatic N) is 1. The van der Waals surface area contributed by atoms with E-state index < -0.39 is 0 Å². The number of nitrogens with one attached hydrogen (secondary N) is 1. The molecule has 22 heavy (non-hydrogen) atoms. The van der Waals surface area contributed by atoms with Gasteiger partial charge in [-0.3, -0.25) is 0 Å². The van der Waals surface area contributed by atoms with Crippen molar-refractivity contribution in [2.75, 3.05) is 6.61 Å². The average molecular weight is 494 g/mol. The van der Waals surface area contributed by atoms with Gasteiger partial charge in [0.15, 0.2) is 5.96 Å². The van der Waals surface area contributed by atoms with E-state index in [1.54, 1.807) is 11.3 Å². The Kier molecular flexibility index (Phi) is 6.51. The van der Waals surface area contributed by atoms with E-state index in [1.165, 1.54) is 4.88 Å². The lowest BCUT2D eigenvalue weighted by molar-refractivity contribution is 0.262. The number of ether oxygens (including phenoxy) is 1. The zero-order valence-corrected chi connectivity index (χ0v) is 16.5. The van der Waals surface area contributed by atoms with E-state index in [1.807, 2.05) is 23.6 Å². The van der Waals surface area contributed by atoms with Gasteiger partial charge in [0.05, 0.1) is 19.2 Å². The molecule has 3 rings (SSSR count). The second-order valence-electron chi connectivity index (χ2n) is 4.80. The van der Waals surface area contributed by atoms with Crippen LogP contribution < -0.4 is 15.8 Å². The second kappa shape index (κ2) is 8.16. The number of para-hydroxylation sites is 1. The number of nitrogens with two attached hydrogens (primary N) is 1. The highest BCUT2D eigenvalue weighted by atomic mass is 127. The second-order valence-corrected chi connectivity index (χ2v) is 6.72. The topological polar surface area (TPSA) is 59.6 Å². The first kappa shape index (κ1) is 17.6. The number of benzene rings is 1. The van der Waals surface area contributed by atoms with Crippen molar-refractivity contribution in [1.29, 1.82) is 0 Å². The maximum atomic E-state index is 6.01. The summed E-state index contributed by atoms with van der Waals surface area (Å²) in [4.78, 5) is 5.59. The van der Waals surface area contributed by atoms with Crippen LogP contribution in [-0.2, 0) is 6.54 Å². The van der Waals surface area contributed by atoms with Crippen molar-refractivity contribution in [3.05, 3.63) is 50.6 Å². The molecule has 2 heterocycles. The highest BCUT2D eigenvalue weighted by Crippen LogP contribution is 2.31. The Hall–Kier alpha value is -0.800. The number of halogens is 2. The molecule has 0 bridgehead atoms. The molecule has 0 aliphatic carbocycles. The Morgan fingerprint density at radius 1 is 1.45 bits per heavy atom. The number of rotatable bonds is 3. The maximum absolute atomic E-state index is 6.01. The van der Waals surface area contributed by atoms with E-state index in [9.17, 15) is 0 Å². The molecule has 1 aliphatic rings. The minimum absolute atomic E-state index is 0. The number of hydrogen-bond donors (Lipinski definition) is 2. The molecular formula is C15H17BrIN3OS. The molecule has 0 amide bonds. The summed E-state index contributed by atoms with van der Waals surface area (Å²) in [5.74, 6) is 1.40. The van der Waals surface area contributed by atoms with Crippen LogP contribution in [0.1, 0.15) is 22.9 Å². The molecule has 0 spiro atoms. The summed E-state index contributed by atoms with van der Waals surface area (Å²) in [5.41, 5.74) is 7.15. The predicted molar refractivity (Wildman–Crippen MR) is 105 cm³/mol. The van der Waals surface area contributed by atoms with Gasteiger partial charge in [-0.15, -0.1) is 35.3 Å². The molecule has 1 aliphatic heterocycles. The van der Waals surface area contributed by atoms with Gasteiger partial charge >= 0.3 is 0 Å². The van der Waals surface area contributed by atoms with E-state index in [2.05, 4.69) is 38.4 Å². The first-order chi connectivity index (χ1) is 10.2. The summed E-state index contributed by atoms with van der Waals surface area (Å²) in [7, 11) is 0. The van der Waals surface area contributed by atoms with Gasteiger partial charge in [0.1, 0.15) is 5.75 Å². The van der Waals surface area contributed by atoms with Crippen LogP contribution in [-0.4, -0.2) is 12.6 Å². The maximum Gasteiger partial charge on any atom is 0.189 e. The Balaban J connectivity index is 0.00000176. The molecular weight excluding hydrogens is 477 g/mol. The fourth-order valence-corrected chi connectivity index (χ4v) is 3.69. The van der Waals surface area contributed by atoms with Gasteiger partial charge in [-0.2, -0.15) is 0 Å². The number of hydrogen-bond acceptors (Lipinski definition) is 3. The van der Waals surface area contributed by atoms with Crippen LogP contribution in [0, 0.1) is 0 Å². The summed E-state index contributed by atoms with van der Waals surface area (Å²) in [6.45, 7) is 1.29. The Morgan fingerprint density at radius 3 is 3.05 bits per heavy atom. The largest absolute Gasteiger partial charge is 0.493 e. The first-order valence-corrected chi connectivity index (χ1v) is 8.41. The van der Waals surface area contributed by atoms with Gasteiger partial charge in [0.2, 0.25) is 0 Å². The van der Waals surface area contributed by atoms with Gasteiger partial charge in [0.25, 0.3) is 0 Å². The SMILES string of the molecule is I.NC(=NCc1cc(Br)cs1)NC1CCOc2ccccc21. The number of thiophene rings is 1. The van der Waals surface area contributed by atoms with Crippen LogP contribution >= 0.6 is 51.2 Å². The van der Waals surface area contributed by atoms with Gasteiger partial charge in [-0.1, -0.05) is 18.2 Å². The summed E-state index contributed by atoms with van der Waals surface area (Å²) in [6, 6.07) is 10.3. The molecule has 3 N–H and O–H groups in total. The van der Waals surface area contributed by atoms with Crippen molar-refractivity contribution in [1.82, 2.24) is 5.32 Å². The monoisotopic (exact) mass is 493 g/mol. The van der Waals surface area contributed by atoms with Crippen LogP contribution in [0.4, 0.5) is 0 Å². The highest BCUT2D eigenvalue weighted by molar-refractivity contribution is 14.0. The molecule has 0 fully saturated rings. The van der Waals surface area contributed by atoms with E-state index >= 15 is 0 Å². The van der Waals surface area contributed by atoms with Gasteiger partial charge in [-0.25, -0.2) is 4.99 Å².